The number of ether oxygens (including phenoxy) is 1. The van der Waals surface area contributed by atoms with E-state index < -0.39 is 8.07 Å². The Hall–Kier alpha value is -3.10. The van der Waals surface area contributed by atoms with E-state index in [9.17, 15) is 0 Å². The van der Waals surface area contributed by atoms with Gasteiger partial charge in [0.05, 0.1) is 15.2 Å². The standard InChI is InChI=1S/C26H22OSi/c1-27-23-13-7-8-14-26(23)28(2,24-17-15-19-9-3-5-11-21(19)24)25-18-16-20-10-4-6-12-22(20)25/h3-18H,1-2H3/q-2. The van der Waals surface area contributed by atoms with Crippen molar-refractivity contribution in [2.45, 2.75) is 6.55 Å². The van der Waals surface area contributed by atoms with Crippen LogP contribution in [0.3, 0.4) is 0 Å². The molecule has 0 radical (unpaired) electrons. The van der Waals surface area contributed by atoms with Crippen molar-refractivity contribution in [1.29, 1.82) is 0 Å². The van der Waals surface area contributed by atoms with Gasteiger partial charge in [-0.05, 0) is 11.3 Å². The number of rotatable bonds is 4. The van der Waals surface area contributed by atoms with Gasteiger partial charge in [0.1, 0.15) is 5.75 Å². The van der Waals surface area contributed by atoms with Crippen molar-refractivity contribution in [2.24, 2.45) is 0 Å². The van der Waals surface area contributed by atoms with Crippen LogP contribution < -0.4 is 20.3 Å². The van der Waals surface area contributed by atoms with Crippen LogP contribution >= 0.6 is 0 Å². The number of fused-ring (bicyclic) bond motifs is 2. The lowest BCUT2D eigenvalue weighted by Crippen LogP contribution is -2.64. The summed E-state index contributed by atoms with van der Waals surface area (Å²) in [5.41, 5.74) is 0. The highest BCUT2D eigenvalue weighted by molar-refractivity contribution is 7.13. The average Bonchev–Trinajstić information content (AvgIpc) is 3.38. The second-order valence-corrected chi connectivity index (χ2v) is 11.4. The fourth-order valence-electron chi connectivity index (χ4n) is 4.67. The third-order valence-electron chi connectivity index (χ3n) is 6.08. The summed E-state index contributed by atoms with van der Waals surface area (Å²) in [7, 11) is -0.515. The van der Waals surface area contributed by atoms with Crippen LogP contribution in [0.2, 0.25) is 6.55 Å². The van der Waals surface area contributed by atoms with Gasteiger partial charge in [0.2, 0.25) is 0 Å². The Morgan fingerprint density at radius 2 is 1.14 bits per heavy atom. The highest BCUT2D eigenvalue weighted by atomic mass is 28.3. The highest BCUT2D eigenvalue weighted by Crippen LogP contribution is 2.24. The van der Waals surface area contributed by atoms with Crippen molar-refractivity contribution >= 4 is 45.2 Å². The van der Waals surface area contributed by atoms with Crippen LogP contribution in [-0.2, 0) is 0 Å². The van der Waals surface area contributed by atoms with Crippen LogP contribution in [0.1, 0.15) is 0 Å². The normalized spacial score (nSPS) is 11.9. The number of hydrogen-bond acceptors (Lipinski definition) is 1. The summed E-state index contributed by atoms with van der Waals surface area (Å²) in [6.45, 7) is 2.47. The smallest absolute Gasteiger partial charge is 0.117 e. The van der Waals surface area contributed by atoms with Gasteiger partial charge < -0.3 is 4.74 Å². The lowest BCUT2D eigenvalue weighted by atomic mass is 10.2. The molecular formula is C26H22OSi-2. The van der Waals surface area contributed by atoms with E-state index in [0.717, 1.165) is 5.75 Å². The molecule has 28 heavy (non-hydrogen) atoms. The van der Waals surface area contributed by atoms with E-state index >= 15 is 0 Å². The predicted octanol–water partition coefficient (Wildman–Crippen LogP) is 4.54. The predicted molar refractivity (Wildman–Crippen MR) is 123 cm³/mol. The largest absolute Gasteiger partial charge is 0.497 e. The lowest BCUT2D eigenvalue weighted by Gasteiger charge is -2.37. The molecule has 0 aliphatic rings. The molecule has 0 N–H and O–H groups in total. The summed E-state index contributed by atoms with van der Waals surface area (Å²) < 4.78 is 5.85. The molecule has 0 aliphatic carbocycles. The van der Waals surface area contributed by atoms with Crippen molar-refractivity contribution in [3.05, 3.63) is 97.1 Å². The molecule has 0 bridgehead atoms. The number of para-hydroxylation sites is 1. The minimum atomic E-state index is -2.29. The first-order chi connectivity index (χ1) is 13.7. The minimum Gasteiger partial charge on any atom is -0.497 e. The monoisotopic (exact) mass is 378 g/mol. The van der Waals surface area contributed by atoms with E-state index in [-0.39, 0.29) is 0 Å². The molecule has 5 aromatic rings. The van der Waals surface area contributed by atoms with E-state index in [1.54, 1.807) is 7.11 Å². The molecule has 2 heteroatoms. The zero-order valence-electron chi connectivity index (χ0n) is 16.1. The summed E-state index contributed by atoms with van der Waals surface area (Å²) in [5, 5.41) is 9.54. The molecule has 0 saturated carbocycles. The van der Waals surface area contributed by atoms with Crippen LogP contribution in [0.15, 0.2) is 97.1 Å². The zero-order valence-corrected chi connectivity index (χ0v) is 17.1. The van der Waals surface area contributed by atoms with Crippen LogP contribution in [0.4, 0.5) is 0 Å². The Kier molecular flexibility index (Phi) is 3.95. The van der Waals surface area contributed by atoms with Gasteiger partial charge in [-0.2, -0.15) is 12.1 Å². The van der Waals surface area contributed by atoms with Crippen LogP contribution in [0, 0.1) is 0 Å². The summed E-state index contributed by atoms with van der Waals surface area (Å²) in [4.78, 5) is 0. The van der Waals surface area contributed by atoms with Gasteiger partial charge in [0.15, 0.2) is 0 Å². The molecule has 0 fully saturated rings. The fraction of sp³-hybridized carbons (Fsp3) is 0.0769. The maximum absolute atomic E-state index is 5.85. The highest BCUT2D eigenvalue weighted by Gasteiger charge is 2.32. The van der Waals surface area contributed by atoms with E-state index in [0.29, 0.717) is 0 Å². The SMILES string of the molecule is COc1ccccc1[Si](C)(c1cc[c-]2ccccc12)c1cc[c-]2ccccc12. The molecule has 0 spiro atoms. The molecule has 5 rings (SSSR count). The Balaban J connectivity index is 1.90. The van der Waals surface area contributed by atoms with Crippen molar-refractivity contribution in [3.8, 4) is 5.75 Å². The molecule has 138 valence electrons. The first-order valence-corrected chi connectivity index (χ1v) is 12.2. The number of hydrogen-bond donors (Lipinski definition) is 0. The van der Waals surface area contributed by atoms with Crippen molar-refractivity contribution in [1.82, 2.24) is 0 Å². The summed E-state index contributed by atoms with van der Waals surface area (Å²) >= 11 is 0. The van der Waals surface area contributed by atoms with Crippen molar-refractivity contribution in [2.75, 3.05) is 7.11 Å². The maximum Gasteiger partial charge on any atom is 0.117 e. The first-order valence-electron chi connectivity index (χ1n) is 9.67. The molecule has 1 nitrogen and oxygen atoms in total. The Morgan fingerprint density at radius 3 is 1.71 bits per heavy atom. The minimum absolute atomic E-state index is 0.979. The van der Waals surface area contributed by atoms with E-state index in [1.807, 2.05) is 0 Å². The van der Waals surface area contributed by atoms with Gasteiger partial charge in [-0.3, -0.25) is 0 Å². The lowest BCUT2D eigenvalue weighted by molar-refractivity contribution is 0.418. The van der Waals surface area contributed by atoms with Gasteiger partial charge in [0.25, 0.3) is 0 Å². The van der Waals surface area contributed by atoms with Crippen LogP contribution in [0.25, 0.3) is 21.5 Å². The van der Waals surface area contributed by atoms with Crippen molar-refractivity contribution in [3.63, 3.8) is 0 Å². The third-order valence-corrected chi connectivity index (χ3v) is 10.6. The van der Waals surface area contributed by atoms with Crippen LogP contribution in [-0.4, -0.2) is 15.2 Å². The second kappa shape index (κ2) is 6.50. The molecular weight excluding hydrogens is 356 g/mol. The first kappa shape index (κ1) is 17.0. The molecule has 0 saturated heterocycles. The molecule has 0 heterocycles. The Bertz CT molecular complexity index is 1200. The topological polar surface area (TPSA) is 9.23 Å². The maximum atomic E-state index is 5.85. The molecule has 0 atom stereocenters. The molecule has 5 aromatic carbocycles. The zero-order chi connectivity index (χ0) is 19.1. The van der Waals surface area contributed by atoms with Gasteiger partial charge >= 0.3 is 0 Å². The Labute approximate surface area is 166 Å². The van der Waals surface area contributed by atoms with E-state index in [2.05, 4.69) is 104 Å². The van der Waals surface area contributed by atoms with Gasteiger partial charge in [-0.15, -0.1) is 81.8 Å². The van der Waals surface area contributed by atoms with Gasteiger partial charge in [-0.25, -0.2) is 0 Å². The van der Waals surface area contributed by atoms with E-state index in [1.165, 1.54) is 37.1 Å². The number of benzene rings is 3. The second-order valence-electron chi connectivity index (χ2n) is 7.49. The summed E-state index contributed by atoms with van der Waals surface area (Å²) in [5.74, 6) is 0.979. The summed E-state index contributed by atoms with van der Waals surface area (Å²) in [6, 6.07) is 35.2. The Morgan fingerprint density at radius 1 is 0.607 bits per heavy atom. The molecule has 0 unspecified atom stereocenters. The van der Waals surface area contributed by atoms with Crippen LogP contribution in [0.5, 0.6) is 5.75 Å². The third kappa shape index (κ3) is 2.38. The fourth-order valence-corrected chi connectivity index (χ4v) is 9.01. The summed E-state index contributed by atoms with van der Waals surface area (Å²) in [6.07, 6.45) is 0. The van der Waals surface area contributed by atoms with Gasteiger partial charge in [0, 0.05) is 0 Å². The quantitative estimate of drug-likeness (QED) is 0.330. The average molecular weight is 379 g/mol. The van der Waals surface area contributed by atoms with Gasteiger partial charge in [-0.1, -0.05) is 35.5 Å². The van der Waals surface area contributed by atoms with E-state index in [4.69, 9.17) is 4.74 Å². The molecule has 0 amide bonds. The van der Waals surface area contributed by atoms with Crippen molar-refractivity contribution < 1.29 is 4.74 Å². The molecule has 0 aliphatic heterocycles. The molecule has 0 aromatic heterocycles. The number of methoxy groups -OCH3 is 1.